The smallest absolute Gasteiger partial charge is 0.326 e. The number of carbonyl (C=O) groups excluding carboxylic acids is 3. The molecule has 214 valence electrons. The minimum Gasteiger partial charge on any atom is -0.463 e. The van der Waals surface area contributed by atoms with Crippen LogP contribution in [0.4, 0.5) is 5.69 Å². The van der Waals surface area contributed by atoms with Gasteiger partial charge in [0.15, 0.2) is 0 Å². The zero-order valence-electron chi connectivity index (χ0n) is 21.5. The number of nitrogens with one attached hydrogen (secondary N) is 2. The molecule has 0 aliphatic carbocycles. The third-order valence-corrected chi connectivity index (χ3v) is 9.63. The number of carbonyl (C=O) groups is 3. The summed E-state index contributed by atoms with van der Waals surface area (Å²) in [4.78, 5) is 39.9. The van der Waals surface area contributed by atoms with Gasteiger partial charge in [-0.15, -0.1) is 11.3 Å². The number of thiophene rings is 1. The third kappa shape index (κ3) is 7.86. The van der Waals surface area contributed by atoms with Gasteiger partial charge in [0.05, 0.1) is 25.8 Å². The normalized spacial score (nSPS) is 17.2. The topological polar surface area (TPSA) is 165 Å². The first-order valence-electron chi connectivity index (χ1n) is 12.1. The first-order chi connectivity index (χ1) is 18.5. The molecule has 1 aliphatic rings. The number of halogens is 1. The third-order valence-electron chi connectivity index (χ3n) is 6.10. The van der Waals surface area contributed by atoms with Crippen LogP contribution in [0.1, 0.15) is 28.6 Å². The summed E-state index contributed by atoms with van der Waals surface area (Å²) < 4.78 is 46.4. The number of hydrogen-bond donors (Lipinski definition) is 3. The van der Waals surface area contributed by atoms with E-state index in [1.165, 1.54) is 24.5 Å². The van der Waals surface area contributed by atoms with Crippen molar-refractivity contribution >= 4 is 67.2 Å². The van der Waals surface area contributed by atoms with Crippen LogP contribution in [-0.4, -0.2) is 74.7 Å². The summed E-state index contributed by atoms with van der Waals surface area (Å²) in [5, 5.41) is 2.53. The summed E-state index contributed by atoms with van der Waals surface area (Å²) in [5.41, 5.74) is 6.58. The van der Waals surface area contributed by atoms with Crippen molar-refractivity contribution in [3.8, 4) is 0 Å². The van der Waals surface area contributed by atoms with Crippen molar-refractivity contribution in [2.75, 3.05) is 43.1 Å². The predicted molar refractivity (Wildman–Crippen MR) is 151 cm³/mol. The van der Waals surface area contributed by atoms with Crippen molar-refractivity contribution in [1.29, 1.82) is 0 Å². The van der Waals surface area contributed by atoms with Gasteiger partial charge in [0, 0.05) is 42.4 Å². The number of hydrogen-bond acceptors (Lipinski definition) is 9. The Bertz CT molecular complexity index is 1350. The van der Waals surface area contributed by atoms with Gasteiger partial charge in [0.1, 0.15) is 12.6 Å². The monoisotopic (exact) mass is 618 g/mol. The molecule has 1 aliphatic heterocycles. The van der Waals surface area contributed by atoms with Crippen molar-refractivity contribution in [2.24, 2.45) is 11.7 Å². The van der Waals surface area contributed by atoms with Crippen molar-refractivity contribution in [3.05, 3.63) is 45.1 Å². The molecule has 3 atom stereocenters. The number of nitrogens with two attached hydrogens (primary N) is 1. The molecule has 2 aromatic rings. The lowest BCUT2D eigenvalue weighted by molar-refractivity contribution is -0.144. The number of amides is 2. The zero-order valence-corrected chi connectivity index (χ0v) is 24.7. The molecular weight excluding hydrogens is 588 g/mol. The number of sulfonamides is 1. The highest BCUT2D eigenvalue weighted by molar-refractivity contribution is 7.89. The number of esters is 1. The van der Waals surface area contributed by atoms with Crippen LogP contribution >= 0.6 is 22.9 Å². The summed E-state index contributed by atoms with van der Waals surface area (Å²) in [6.07, 6.45) is 2.30. The van der Waals surface area contributed by atoms with Crippen molar-refractivity contribution in [2.45, 2.75) is 30.7 Å². The Morgan fingerprint density at radius 2 is 2.05 bits per heavy atom. The lowest BCUT2D eigenvalue weighted by Crippen LogP contribution is -2.49. The number of anilines is 1. The Labute approximate surface area is 238 Å². The molecule has 1 fully saturated rings. The molecule has 2 unspecified atom stereocenters. The molecule has 1 aromatic heterocycles. The maximum atomic E-state index is 13.6. The van der Waals surface area contributed by atoms with Crippen LogP contribution in [0.25, 0.3) is 0 Å². The molecule has 0 saturated carbocycles. The van der Waals surface area contributed by atoms with Crippen LogP contribution in [0.5, 0.6) is 0 Å². The molecule has 15 heteroatoms. The zero-order chi connectivity index (χ0) is 28.7. The Morgan fingerprint density at radius 1 is 1.31 bits per heavy atom. The minimum absolute atomic E-state index is 0.0704. The van der Waals surface area contributed by atoms with Crippen molar-refractivity contribution in [3.63, 3.8) is 0 Å². The SMILES string of the molecule is CCc1c(N2CCC(CN)C2=O)cccc1S(=O)(=O)N[C@@H](CNC(=O)c1ccc(Cl)s1)C(=O)OCCS(C)=O. The van der Waals surface area contributed by atoms with Gasteiger partial charge < -0.3 is 20.7 Å². The summed E-state index contributed by atoms with van der Waals surface area (Å²) in [5.74, 6) is -1.91. The second kappa shape index (κ2) is 13.8. The second-order valence-corrected chi connectivity index (χ2v) is 13.7. The molecule has 0 radical (unpaired) electrons. The largest absolute Gasteiger partial charge is 0.463 e. The van der Waals surface area contributed by atoms with E-state index in [0.717, 1.165) is 11.3 Å². The maximum absolute atomic E-state index is 13.6. The van der Waals surface area contributed by atoms with E-state index < -0.39 is 45.3 Å². The second-order valence-electron chi connectivity index (χ2n) is 8.75. The van der Waals surface area contributed by atoms with Gasteiger partial charge >= 0.3 is 5.97 Å². The summed E-state index contributed by atoms with van der Waals surface area (Å²) in [6.45, 7) is 1.78. The van der Waals surface area contributed by atoms with Crippen LogP contribution in [0.15, 0.2) is 35.2 Å². The Kier molecular flexibility index (Phi) is 11.0. The fourth-order valence-electron chi connectivity index (χ4n) is 4.11. The lowest BCUT2D eigenvalue weighted by atomic mass is 10.1. The first kappa shape index (κ1) is 31.2. The fraction of sp³-hybridized carbons (Fsp3) is 0.458. The van der Waals surface area contributed by atoms with E-state index in [2.05, 4.69) is 10.0 Å². The maximum Gasteiger partial charge on any atom is 0.326 e. The Hall–Kier alpha value is -2.36. The van der Waals surface area contributed by atoms with Crippen molar-refractivity contribution < 1.29 is 31.7 Å². The highest BCUT2D eigenvalue weighted by atomic mass is 35.5. The Balaban J connectivity index is 1.87. The summed E-state index contributed by atoms with van der Waals surface area (Å²) in [7, 11) is -5.56. The Morgan fingerprint density at radius 3 is 2.64 bits per heavy atom. The van der Waals surface area contributed by atoms with Crippen LogP contribution in [0, 0.1) is 5.92 Å². The number of ether oxygens (including phenoxy) is 1. The van der Waals surface area contributed by atoms with Crippen molar-refractivity contribution in [1.82, 2.24) is 10.0 Å². The van der Waals surface area contributed by atoms with Gasteiger partial charge in [-0.2, -0.15) is 4.72 Å². The molecule has 1 aromatic carbocycles. The van der Waals surface area contributed by atoms with E-state index >= 15 is 0 Å². The first-order valence-corrected chi connectivity index (χ1v) is 16.5. The highest BCUT2D eigenvalue weighted by Crippen LogP contribution is 2.32. The van der Waals surface area contributed by atoms with Gasteiger partial charge in [-0.05, 0) is 42.7 Å². The highest BCUT2D eigenvalue weighted by Gasteiger charge is 2.35. The molecule has 1 saturated heterocycles. The molecule has 0 bridgehead atoms. The van der Waals surface area contributed by atoms with E-state index in [1.807, 2.05) is 0 Å². The van der Waals surface area contributed by atoms with Gasteiger partial charge in [-0.3, -0.25) is 18.6 Å². The van der Waals surface area contributed by atoms with Gasteiger partial charge in [-0.25, -0.2) is 8.42 Å². The summed E-state index contributed by atoms with van der Waals surface area (Å²) >= 11 is 6.91. The molecule has 0 spiro atoms. The molecule has 3 rings (SSSR count). The quantitative estimate of drug-likeness (QED) is 0.282. The van der Waals surface area contributed by atoms with E-state index in [9.17, 15) is 27.0 Å². The van der Waals surface area contributed by atoms with Crippen LogP contribution in [0.3, 0.4) is 0 Å². The van der Waals surface area contributed by atoms with Crippen LogP contribution in [0.2, 0.25) is 4.34 Å². The number of rotatable bonds is 13. The minimum atomic E-state index is -4.33. The van der Waals surface area contributed by atoms with E-state index in [1.54, 1.807) is 24.0 Å². The fourth-order valence-corrected chi connectivity index (χ4v) is 6.90. The molecule has 2 amide bonds. The predicted octanol–water partition coefficient (Wildman–Crippen LogP) is 1.27. The lowest BCUT2D eigenvalue weighted by Gasteiger charge is -2.23. The van der Waals surface area contributed by atoms with Gasteiger partial charge in [0.25, 0.3) is 5.91 Å². The molecule has 4 N–H and O–H groups in total. The molecule has 2 heterocycles. The summed E-state index contributed by atoms with van der Waals surface area (Å²) in [6, 6.07) is 6.16. The average molecular weight is 619 g/mol. The van der Waals surface area contributed by atoms with Gasteiger partial charge in [-0.1, -0.05) is 24.6 Å². The number of nitrogens with zero attached hydrogens (tertiary/aromatic N) is 1. The molecular formula is C24H31ClN4O7S3. The van der Waals surface area contributed by atoms with E-state index in [-0.39, 0.29) is 46.9 Å². The number of benzene rings is 1. The van der Waals surface area contributed by atoms with Gasteiger partial charge in [0.2, 0.25) is 15.9 Å². The molecule has 11 nitrogen and oxygen atoms in total. The standard InChI is InChI=1S/C24H31ClN4O7S3/c1-3-16-18(29-10-9-15(13-26)23(29)31)5-4-6-20(16)39(34,35)28-17(24(32)36-11-12-38(2)33)14-27-22(30)19-7-8-21(25)37-19/h4-8,15,17,28H,3,9-14,26H2,1-2H3,(H,27,30)/t15?,17-,38?/m0/s1. The average Bonchev–Trinajstić information content (AvgIpc) is 3.50. The van der Waals surface area contributed by atoms with Crippen LogP contribution in [-0.2, 0) is 41.6 Å². The van der Waals surface area contributed by atoms with E-state index in [4.69, 9.17) is 22.1 Å². The van der Waals surface area contributed by atoms with Crippen LogP contribution < -0.4 is 20.7 Å². The van der Waals surface area contributed by atoms with E-state index in [0.29, 0.717) is 28.6 Å². The molecule has 39 heavy (non-hydrogen) atoms.